The molecule has 3 rings (SSSR count). The molecule has 4 heteroatoms. The molecule has 1 amide bonds. The van der Waals surface area contributed by atoms with Crippen LogP contribution in [0.2, 0.25) is 0 Å². The molecule has 106 valence electrons. The van der Waals surface area contributed by atoms with Gasteiger partial charge < -0.3 is 0 Å². The largest absolute Gasteiger partial charge is 0.273 e. The number of fused-ring (bicyclic) bond motifs is 1. The Balaban J connectivity index is 1.60. The molecular weight excluding hydrogens is 363 g/mol. The zero-order valence-electron chi connectivity index (χ0n) is 11.6. The van der Waals surface area contributed by atoms with Gasteiger partial charge in [0.1, 0.15) is 0 Å². The number of halogens is 1. The summed E-state index contributed by atoms with van der Waals surface area (Å²) in [5, 5.41) is 4.12. The molecule has 2 fully saturated rings. The van der Waals surface area contributed by atoms with Crippen molar-refractivity contribution >= 4 is 34.7 Å². The van der Waals surface area contributed by atoms with Crippen LogP contribution in [0.15, 0.2) is 29.4 Å². The normalized spacial score (nSPS) is 31.9. The fraction of sp³-hybridized carbons (Fsp3) is 0.500. The molecular formula is C16H19IN2O. The van der Waals surface area contributed by atoms with Crippen molar-refractivity contribution in [2.45, 2.75) is 32.6 Å². The van der Waals surface area contributed by atoms with E-state index >= 15 is 0 Å². The van der Waals surface area contributed by atoms with Crippen molar-refractivity contribution in [1.29, 1.82) is 0 Å². The van der Waals surface area contributed by atoms with Crippen molar-refractivity contribution in [3.8, 4) is 0 Å². The molecule has 0 aliphatic heterocycles. The highest BCUT2D eigenvalue weighted by Crippen LogP contribution is 2.66. The lowest BCUT2D eigenvalue weighted by molar-refractivity contribution is -0.123. The minimum absolute atomic E-state index is 0.0987. The first kappa shape index (κ1) is 14.0. The number of rotatable bonds is 3. The maximum Gasteiger partial charge on any atom is 0.244 e. The van der Waals surface area contributed by atoms with E-state index in [0.29, 0.717) is 5.92 Å². The topological polar surface area (TPSA) is 41.5 Å². The fourth-order valence-electron chi connectivity index (χ4n) is 3.67. The van der Waals surface area contributed by atoms with Crippen LogP contribution >= 0.6 is 22.6 Å². The summed E-state index contributed by atoms with van der Waals surface area (Å²) in [5.41, 5.74) is 4.01. The van der Waals surface area contributed by atoms with Crippen LogP contribution in [-0.4, -0.2) is 12.1 Å². The van der Waals surface area contributed by atoms with Gasteiger partial charge in [-0.2, -0.15) is 5.10 Å². The molecule has 1 N–H and O–H groups in total. The third-order valence-electron chi connectivity index (χ3n) is 4.90. The van der Waals surface area contributed by atoms with Crippen LogP contribution in [0.1, 0.15) is 38.2 Å². The zero-order chi connectivity index (χ0) is 14.2. The Bertz CT molecular complexity index is 557. The number of nitrogens with zero attached hydrogens (tertiary/aromatic N) is 1. The summed E-state index contributed by atoms with van der Waals surface area (Å²) in [5.74, 6) is 0.863. The molecule has 0 aromatic heterocycles. The molecule has 0 saturated heterocycles. The summed E-state index contributed by atoms with van der Waals surface area (Å²) in [6, 6.07) is 7.99. The van der Waals surface area contributed by atoms with E-state index in [1.807, 2.05) is 24.3 Å². The van der Waals surface area contributed by atoms with E-state index in [-0.39, 0.29) is 17.2 Å². The van der Waals surface area contributed by atoms with Gasteiger partial charge in [0.25, 0.3) is 0 Å². The van der Waals surface area contributed by atoms with E-state index in [1.54, 1.807) is 6.21 Å². The van der Waals surface area contributed by atoms with Gasteiger partial charge >= 0.3 is 0 Å². The van der Waals surface area contributed by atoms with Crippen molar-refractivity contribution < 1.29 is 4.79 Å². The Hall–Kier alpha value is -0.910. The van der Waals surface area contributed by atoms with Crippen LogP contribution in [0.25, 0.3) is 0 Å². The van der Waals surface area contributed by atoms with Gasteiger partial charge in [0.05, 0.1) is 6.21 Å². The first-order valence-electron chi connectivity index (χ1n) is 7.20. The molecule has 2 aliphatic carbocycles. The summed E-state index contributed by atoms with van der Waals surface area (Å²) in [7, 11) is 0. The summed E-state index contributed by atoms with van der Waals surface area (Å²) >= 11 is 2.27. The van der Waals surface area contributed by atoms with Crippen molar-refractivity contribution in [2.75, 3.05) is 0 Å². The molecule has 1 aromatic rings. The number of carbonyl (C=O) groups excluding carboxylic acids is 1. The highest BCUT2D eigenvalue weighted by molar-refractivity contribution is 14.1. The van der Waals surface area contributed by atoms with E-state index in [4.69, 9.17) is 0 Å². The van der Waals surface area contributed by atoms with Crippen LogP contribution in [-0.2, 0) is 4.79 Å². The Morgan fingerprint density at radius 1 is 1.45 bits per heavy atom. The fourth-order valence-corrected chi connectivity index (χ4v) is 4.19. The first-order chi connectivity index (χ1) is 9.63. The SMILES string of the molecule is C[C@@]12CCCC[C@@H]1[C@@H]2C(=O)N/N=C\c1ccccc1I. The lowest BCUT2D eigenvalue weighted by Crippen LogP contribution is -2.22. The number of hydrazone groups is 1. The molecule has 0 heterocycles. The van der Waals surface area contributed by atoms with Gasteiger partial charge in [-0.15, -0.1) is 0 Å². The number of amides is 1. The van der Waals surface area contributed by atoms with Crippen LogP contribution in [0.4, 0.5) is 0 Å². The van der Waals surface area contributed by atoms with Crippen LogP contribution < -0.4 is 5.43 Å². The predicted molar refractivity (Wildman–Crippen MR) is 88.5 cm³/mol. The number of carbonyl (C=O) groups is 1. The number of hydrogen-bond donors (Lipinski definition) is 1. The molecule has 0 bridgehead atoms. The maximum atomic E-state index is 12.2. The average Bonchev–Trinajstić information content (AvgIpc) is 3.06. The molecule has 20 heavy (non-hydrogen) atoms. The highest BCUT2D eigenvalue weighted by atomic mass is 127. The van der Waals surface area contributed by atoms with Gasteiger partial charge in [0, 0.05) is 15.1 Å². The second kappa shape index (κ2) is 5.47. The molecule has 3 atom stereocenters. The first-order valence-corrected chi connectivity index (χ1v) is 8.28. The van der Waals surface area contributed by atoms with E-state index in [9.17, 15) is 4.79 Å². The predicted octanol–water partition coefficient (Wildman–Crippen LogP) is 3.57. The molecule has 0 unspecified atom stereocenters. The third kappa shape index (κ3) is 2.50. The van der Waals surface area contributed by atoms with Crippen molar-refractivity contribution in [3.63, 3.8) is 0 Å². The molecule has 0 radical (unpaired) electrons. The van der Waals surface area contributed by atoms with Crippen LogP contribution in [0.5, 0.6) is 0 Å². The standard InChI is InChI=1S/C16H19IN2O/c1-16-9-5-4-7-12(16)14(16)15(20)19-18-10-11-6-2-3-8-13(11)17/h2-3,6,8,10,12,14H,4-5,7,9H2,1H3,(H,19,20)/b18-10-/t12-,14-,16-/m1/s1. The summed E-state index contributed by atoms with van der Waals surface area (Å²) in [6.45, 7) is 2.25. The second-order valence-corrected chi connectivity index (χ2v) is 7.25. The van der Waals surface area contributed by atoms with E-state index < -0.39 is 0 Å². The molecule has 0 spiro atoms. The van der Waals surface area contributed by atoms with Gasteiger partial charge in [-0.05, 0) is 52.8 Å². The summed E-state index contributed by atoms with van der Waals surface area (Å²) in [4.78, 5) is 12.2. The Labute approximate surface area is 133 Å². The van der Waals surface area contributed by atoms with Crippen LogP contribution in [0, 0.1) is 20.8 Å². The van der Waals surface area contributed by atoms with Gasteiger partial charge in [-0.3, -0.25) is 4.79 Å². The molecule has 2 aliphatic rings. The number of nitrogens with one attached hydrogen (secondary N) is 1. The van der Waals surface area contributed by atoms with Gasteiger partial charge in [-0.25, -0.2) is 5.43 Å². The Morgan fingerprint density at radius 2 is 2.25 bits per heavy atom. The zero-order valence-corrected chi connectivity index (χ0v) is 13.8. The third-order valence-corrected chi connectivity index (χ3v) is 5.88. The quantitative estimate of drug-likeness (QED) is 0.485. The minimum atomic E-state index is 0.0987. The van der Waals surface area contributed by atoms with Crippen molar-refractivity contribution in [2.24, 2.45) is 22.4 Å². The molecule has 2 saturated carbocycles. The average molecular weight is 382 g/mol. The smallest absolute Gasteiger partial charge is 0.244 e. The minimum Gasteiger partial charge on any atom is -0.273 e. The Morgan fingerprint density at radius 3 is 2.95 bits per heavy atom. The summed E-state index contributed by atoms with van der Waals surface area (Å²) in [6.07, 6.45) is 6.66. The van der Waals surface area contributed by atoms with E-state index in [0.717, 1.165) is 9.13 Å². The van der Waals surface area contributed by atoms with Gasteiger partial charge in [-0.1, -0.05) is 38.0 Å². The Kier molecular flexibility index (Phi) is 3.84. The monoisotopic (exact) mass is 382 g/mol. The number of hydrogen-bond acceptors (Lipinski definition) is 2. The molecule has 3 nitrogen and oxygen atoms in total. The highest BCUT2D eigenvalue weighted by Gasteiger charge is 2.64. The molecule has 1 aromatic carbocycles. The van der Waals surface area contributed by atoms with Crippen molar-refractivity contribution in [3.05, 3.63) is 33.4 Å². The lowest BCUT2D eigenvalue weighted by Gasteiger charge is -2.15. The van der Waals surface area contributed by atoms with E-state index in [2.05, 4.69) is 40.0 Å². The van der Waals surface area contributed by atoms with Gasteiger partial charge in [0.2, 0.25) is 5.91 Å². The number of benzene rings is 1. The second-order valence-electron chi connectivity index (χ2n) is 6.09. The van der Waals surface area contributed by atoms with Crippen molar-refractivity contribution in [1.82, 2.24) is 5.43 Å². The van der Waals surface area contributed by atoms with Crippen LogP contribution in [0.3, 0.4) is 0 Å². The van der Waals surface area contributed by atoms with Gasteiger partial charge in [0.15, 0.2) is 0 Å². The maximum absolute atomic E-state index is 12.2. The summed E-state index contributed by atoms with van der Waals surface area (Å²) < 4.78 is 1.13. The van der Waals surface area contributed by atoms with E-state index in [1.165, 1.54) is 25.7 Å². The lowest BCUT2D eigenvalue weighted by atomic mass is 9.90.